The third-order valence-electron chi connectivity index (χ3n) is 3.60. The minimum atomic E-state index is -0.278. The third kappa shape index (κ3) is 5.39. The van der Waals surface area contributed by atoms with E-state index in [0.717, 1.165) is 19.3 Å². The summed E-state index contributed by atoms with van der Waals surface area (Å²) in [6, 6.07) is 0. The number of carbonyl (C=O) groups excluding carboxylic acids is 1. The third-order valence-corrected chi connectivity index (χ3v) is 3.60. The fraction of sp³-hybridized carbons (Fsp3) is 0.923. The van der Waals surface area contributed by atoms with E-state index < -0.39 is 0 Å². The molecule has 1 aliphatic carbocycles. The second-order valence-corrected chi connectivity index (χ2v) is 4.92. The molecule has 0 aromatic carbocycles. The van der Waals surface area contributed by atoms with Crippen molar-refractivity contribution in [2.75, 3.05) is 19.7 Å². The molecule has 17 heavy (non-hydrogen) atoms. The molecule has 3 N–H and O–H groups in total. The minimum absolute atomic E-state index is 0.278. The van der Waals surface area contributed by atoms with Gasteiger partial charge in [-0.1, -0.05) is 26.2 Å². The number of unbranched alkanes of at least 4 members (excludes halogenated alkanes) is 1. The minimum Gasteiger partial charge on any atom is -0.449 e. The molecular formula is C13H26N2O2. The fourth-order valence-corrected chi connectivity index (χ4v) is 2.42. The highest BCUT2D eigenvalue weighted by Crippen LogP contribution is 2.29. The van der Waals surface area contributed by atoms with Gasteiger partial charge in [-0.15, -0.1) is 0 Å². The van der Waals surface area contributed by atoms with Crippen LogP contribution in [0.1, 0.15) is 45.4 Å². The predicted octanol–water partition coefficient (Wildman–Crippen LogP) is 2.28. The Morgan fingerprint density at radius 2 is 2.06 bits per heavy atom. The van der Waals surface area contributed by atoms with Crippen LogP contribution in [0.15, 0.2) is 0 Å². The van der Waals surface area contributed by atoms with Crippen molar-refractivity contribution in [1.29, 1.82) is 0 Å². The van der Waals surface area contributed by atoms with Crippen molar-refractivity contribution in [2.24, 2.45) is 17.6 Å². The van der Waals surface area contributed by atoms with Gasteiger partial charge >= 0.3 is 6.09 Å². The van der Waals surface area contributed by atoms with Gasteiger partial charge in [0.25, 0.3) is 0 Å². The largest absolute Gasteiger partial charge is 0.449 e. The Kier molecular flexibility index (Phi) is 7.01. The van der Waals surface area contributed by atoms with Gasteiger partial charge in [-0.05, 0) is 37.6 Å². The molecule has 0 aromatic heterocycles. The van der Waals surface area contributed by atoms with Crippen molar-refractivity contribution < 1.29 is 9.53 Å². The van der Waals surface area contributed by atoms with E-state index in [2.05, 4.69) is 12.2 Å². The quantitative estimate of drug-likeness (QED) is 0.702. The summed E-state index contributed by atoms with van der Waals surface area (Å²) in [6.45, 7) is 4.05. The Labute approximate surface area is 104 Å². The number of hydrogen-bond acceptors (Lipinski definition) is 3. The highest BCUT2D eigenvalue weighted by atomic mass is 16.5. The van der Waals surface area contributed by atoms with E-state index in [4.69, 9.17) is 10.5 Å². The molecule has 1 aliphatic rings. The van der Waals surface area contributed by atoms with Crippen LogP contribution < -0.4 is 11.1 Å². The zero-order valence-electron chi connectivity index (χ0n) is 10.9. The first-order valence-electron chi connectivity index (χ1n) is 6.88. The molecule has 0 aliphatic heterocycles. The van der Waals surface area contributed by atoms with E-state index in [0.29, 0.717) is 31.5 Å². The Morgan fingerprint density at radius 3 is 2.71 bits per heavy atom. The molecule has 4 nitrogen and oxygen atoms in total. The zero-order chi connectivity index (χ0) is 12.5. The molecule has 4 heteroatoms. The first-order chi connectivity index (χ1) is 8.27. The van der Waals surface area contributed by atoms with Crippen molar-refractivity contribution in [3.8, 4) is 0 Å². The van der Waals surface area contributed by atoms with E-state index >= 15 is 0 Å². The van der Waals surface area contributed by atoms with Gasteiger partial charge in [0.05, 0.1) is 6.61 Å². The average Bonchev–Trinajstić information content (AvgIpc) is 2.37. The van der Waals surface area contributed by atoms with Crippen molar-refractivity contribution >= 4 is 6.09 Å². The van der Waals surface area contributed by atoms with E-state index in [1.807, 2.05) is 0 Å². The Bertz CT molecular complexity index is 221. The highest BCUT2D eigenvalue weighted by Gasteiger charge is 2.24. The number of alkyl carbamates (subject to hydrolysis) is 1. The topological polar surface area (TPSA) is 64.3 Å². The summed E-state index contributed by atoms with van der Waals surface area (Å²) in [4.78, 5) is 11.4. The molecule has 1 fully saturated rings. The molecule has 2 unspecified atom stereocenters. The fourth-order valence-electron chi connectivity index (χ4n) is 2.42. The summed E-state index contributed by atoms with van der Waals surface area (Å²) in [7, 11) is 0. The van der Waals surface area contributed by atoms with E-state index in [-0.39, 0.29) is 6.09 Å². The van der Waals surface area contributed by atoms with E-state index in [1.54, 1.807) is 0 Å². The predicted molar refractivity (Wildman–Crippen MR) is 68.8 cm³/mol. The van der Waals surface area contributed by atoms with Gasteiger partial charge < -0.3 is 15.8 Å². The van der Waals surface area contributed by atoms with Crippen molar-refractivity contribution in [2.45, 2.75) is 45.4 Å². The molecule has 2 atom stereocenters. The standard InChI is InChI=1S/C13H26N2O2/c1-2-3-8-15-13(16)17-10-12-7-5-4-6-11(12)9-14/h11-12H,2-10,14H2,1H3,(H,15,16). The number of amides is 1. The molecular weight excluding hydrogens is 216 g/mol. The Hall–Kier alpha value is -0.770. The second-order valence-electron chi connectivity index (χ2n) is 4.92. The van der Waals surface area contributed by atoms with Gasteiger partial charge in [0.1, 0.15) is 0 Å². The monoisotopic (exact) mass is 242 g/mol. The number of nitrogens with one attached hydrogen (secondary N) is 1. The summed E-state index contributed by atoms with van der Waals surface area (Å²) in [6.07, 6.45) is 6.64. The summed E-state index contributed by atoms with van der Waals surface area (Å²) in [5.74, 6) is 0.998. The lowest BCUT2D eigenvalue weighted by Gasteiger charge is -2.30. The van der Waals surface area contributed by atoms with Crippen LogP contribution in [0.5, 0.6) is 0 Å². The Morgan fingerprint density at radius 1 is 1.35 bits per heavy atom. The van der Waals surface area contributed by atoms with Crippen LogP contribution in [0.25, 0.3) is 0 Å². The number of ether oxygens (including phenoxy) is 1. The van der Waals surface area contributed by atoms with Gasteiger partial charge in [-0.3, -0.25) is 0 Å². The van der Waals surface area contributed by atoms with Crippen molar-refractivity contribution in [3.63, 3.8) is 0 Å². The molecule has 0 bridgehead atoms. The van der Waals surface area contributed by atoms with E-state index in [1.165, 1.54) is 19.3 Å². The van der Waals surface area contributed by atoms with Gasteiger partial charge in [0, 0.05) is 6.54 Å². The number of carbonyl (C=O) groups is 1. The van der Waals surface area contributed by atoms with Crippen LogP contribution in [0.3, 0.4) is 0 Å². The summed E-state index contributed by atoms with van der Waals surface area (Å²) < 4.78 is 5.25. The van der Waals surface area contributed by atoms with Crippen LogP contribution in [0.4, 0.5) is 4.79 Å². The van der Waals surface area contributed by atoms with Crippen LogP contribution in [-0.2, 0) is 4.74 Å². The molecule has 0 heterocycles. The molecule has 1 amide bonds. The number of hydrogen-bond donors (Lipinski definition) is 2. The summed E-state index contributed by atoms with van der Waals surface area (Å²) in [5, 5.41) is 2.76. The molecule has 1 saturated carbocycles. The zero-order valence-corrected chi connectivity index (χ0v) is 10.9. The van der Waals surface area contributed by atoms with Crippen LogP contribution >= 0.6 is 0 Å². The normalized spacial score (nSPS) is 24.4. The van der Waals surface area contributed by atoms with Crippen LogP contribution in [0, 0.1) is 11.8 Å². The maximum absolute atomic E-state index is 11.4. The van der Waals surface area contributed by atoms with Gasteiger partial charge in [0.15, 0.2) is 0 Å². The average molecular weight is 242 g/mol. The van der Waals surface area contributed by atoms with Crippen molar-refractivity contribution in [1.82, 2.24) is 5.32 Å². The SMILES string of the molecule is CCCCNC(=O)OCC1CCCCC1CN. The number of nitrogens with two attached hydrogens (primary N) is 1. The molecule has 0 spiro atoms. The smallest absolute Gasteiger partial charge is 0.407 e. The summed E-state index contributed by atoms with van der Waals surface area (Å²) >= 11 is 0. The first-order valence-corrected chi connectivity index (χ1v) is 6.88. The second kappa shape index (κ2) is 8.34. The van der Waals surface area contributed by atoms with Crippen LogP contribution in [-0.4, -0.2) is 25.8 Å². The van der Waals surface area contributed by atoms with Gasteiger partial charge in [0.2, 0.25) is 0 Å². The molecule has 0 saturated heterocycles. The summed E-state index contributed by atoms with van der Waals surface area (Å²) in [5.41, 5.74) is 5.74. The lowest BCUT2D eigenvalue weighted by Crippen LogP contribution is -2.33. The molecule has 0 aromatic rings. The number of rotatable bonds is 6. The Balaban J connectivity index is 2.17. The van der Waals surface area contributed by atoms with E-state index in [9.17, 15) is 4.79 Å². The van der Waals surface area contributed by atoms with Gasteiger partial charge in [-0.2, -0.15) is 0 Å². The first kappa shape index (κ1) is 14.3. The van der Waals surface area contributed by atoms with Crippen LogP contribution in [0.2, 0.25) is 0 Å². The lowest BCUT2D eigenvalue weighted by atomic mass is 9.80. The highest BCUT2D eigenvalue weighted by molar-refractivity contribution is 5.67. The van der Waals surface area contributed by atoms with Gasteiger partial charge in [-0.25, -0.2) is 4.79 Å². The maximum atomic E-state index is 11.4. The molecule has 100 valence electrons. The molecule has 0 radical (unpaired) electrons. The molecule has 1 rings (SSSR count). The van der Waals surface area contributed by atoms with Crippen molar-refractivity contribution in [3.05, 3.63) is 0 Å². The lowest BCUT2D eigenvalue weighted by molar-refractivity contribution is 0.0941. The maximum Gasteiger partial charge on any atom is 0.407 e.